The summed E-state index contributed by atoms with van der Waals surface area (Å²) >= 11 is 0. The zero-order chi connectivity index (χ0) is 12.4. The zero-order valence-electron chi connectivity index (χ0n) is 10.2. The number of unbranched alkanes of at least 4 members (excludes halogenated alkanes) is 1. The molecule has 1 fully saturated rings. The highest BCUT2D eigenvalue weighted by atomic mass is 19.1. The number of hydrogen-bond acceptors (Lipinski definition) is 3. The van der Waals surface area contributed by atoms with Crippen LogP contribution < -0.4 is 0 Å². The summed E-state index contributed by atoms with van der Waals surface area (Å²) in [5.41, 5.74) is -1.51. The van der Waals surface area contributed by atoms with Crippen LogP contribution in [0.5, 0.6) is 0 Å². The molecule has 0 aromatic carbocycles. The molecule has 0 spiro atoms. The van der Waals surface area contributed by atoms with Gasteiger partial charge in [-0.15, -0.1) is 0 Å². The topological polar surface area (TPSA) is 42.2 Å². The molecule has 0 aromatic heterocycles. The Morgan fingerprint density at radius 3 is 2.25 bits per heavy atom. The standard InChI is InChI=1S/C11H17BFNO2/c1-10(2)11(3,4)16-12(15-10)9(13)7-5-6-8-14/h7H,5-6H2,1-4H3. The van der Waals surface area contributed by atoms with Crippen LogP contribution in [-0.4, -0.2) is 18.3 Å². The Hall–Kier alpha value is -0.855. The van der Waals surface area contributed by atoms with E-state index in [-0.39, 0.29) is 0 Å². The van der Waals surface area contributed by atoms with E-state index in [1.807, 2.05) is 33.8 Å². The molecule has 1 heterocycles. The molecule has 1 rings (SSSR count). The lowest BCUT2D eigenvalue weighted by Gasteiger charge is -2.32. The van der Waals surface area contributed by atoms with Crippen LogP contribution >= 0.6 is 0 Å². The van der Waals surface area contributed by atoms with Gasteiger partial charge in [-0.25, -0.2) is 4.39 Å². The molecule has 0 unspecified atom stereocenters. The molecule has 1 aliphatic heterocycles. The van der Waals surface area contributed by atoms with E-state index in [1.54, 1.807) is 0 Å². The molecule has 1 aliphatic rings. The minimum atomic E-state index is -0.941. The fraction of sp³-hybridized carbons (Fsp3) is 0.727. The van der Waals surface area contributed by atoms with Crippen molar-refractivity contribution in [3.8, 4) is 6.07 Å². The first-order chi connectivity index (χ1) is 7.30. The average molecular weight is 225 g/mol. The Labute approximate surface area is 96.4 Å². The first-order valence-electron chi connectivity index (χ1n) is 5.38. The lowest BCUT2D eigenvalue weighted by molar-refractivity contribution is 0.00578. The fourth-order valence-corrected chi connectivity index (χ4v) is 1.33. The Morgan fingerprint density at radius 1 is 1.31 bits per heavy atom. The summed E-state index contributed by atoms with van der Waals surface area (Å²) < 4.78 is 24.6. The lowest BCUT2D eigenvalue weighted by Crippen LogP contribution is -2.41. The molecule has 5 heteroatoms. The smallest absolute Gasteiger partial charge is 0.398 e. The predicted octanol–water partition coefficient (Wildman–Crippen LogP) is 2.77. The van der Waals surface area contributed by atoms with Gasteiger partial charge in [0.1, 0.15) is 5.73 Å². The summed E-state index contributed by atoms with van der Waals surface area (Å²) in [6, 6.07) is 1.95. The van der Waals surface area contributed by atoms with Gasteiger partial charge in [0.2, 0.25) is 0 Å². The highest BCUT2D eigenvalue weighted by molar-refractivity contribution is 6.53. The van der Waals surface area contributed by atoms with Gasteiger partial charge in [-0.1, -0.05) is 6.08 Å². The predicted molar refractivity (Wildman–Crippen MR) is 60.1 cm³/mol. The molecule has 0 radical (unpaired) electrons. The fourth-order valence-electron chi connectivity index (χ4n) is 1.33. The summed E-state index contributed by atoms with van der Waals surface area (Å²) in [4.78, 5) is 0. The van der Waals surface area contributed by atoms with Crippen LogP contribution in [0.25, 0.3) is 0 Å². The van der Waals surface area contributed by atoms with E-state index in [1.165, 1.54) is 6.08 Å². The van der Waals surface area contributed by atoms with Crippen molar-refractivity contribution >= 4 is 7.12 Å². The number of rotatable bonds is 3. The second kappa shape index (κ2) is 4.56. The van der Waals surface area contributed by atoms with Crippen molar-refractivity contribution in [3.05, 3.63) is 11.8 Å². The van der Waals surface area contributed by atoms with Gasteiger partial charge in [-0.2, -0.15) is 5.26 Å². The van der Waals surface area contributed by atoms with Gasteiger partial charge in [0.15, 0.2) is 0 Å². The third kappa shape index (κ3) is 2.63. The quantitative estimate of drug-likeness (QED) is 0.547. The Morgan fingerprint density at radius 2 is 1.81 bits per heavy atom. The van der Waals surface area contributed by atoms with Gasteiger partial charge < -0.3 is 9.31 Å². The Kier molecular flexibility index (Phi) is 3.77. The summed E-state index contributed by atoms with van der Waals surface area (Å²) in [5, 5.41) is 8.35. The van der Waals surface area contributed by atoms with Crippen LogP contribution in [-0.2, 0) is 9.31 Å². The van der Waals surface area contributed by atoms with Crippen LogP contribution in [0.3, 0.4) is 0 Å². The van der Waals surface area contributed by atoms with Crippen molar-refractivity contribution in [2.75, 3.05) is 0 Å². The first kappa shape index (κ1) is 13.2. The lowest BCUT2D eigenvalue weighted by atomic mass is 9.87. The molecule has 16 heavy (non-hydrogen) atoms. The van der Waals surface area contributed by atoms with Gasteiger partial charge in [0.05, 0.1) is 17.3 Å². The molecule has 0 amide bonds. The molecule has 0 atom stereocenters. The number of hydrogen-bond donors (Lipinski definition) is 0. The maximum atomic E-state index is 13.6. The van der Waals surface area contributed by atoms with Crippen molar-refractivity contribution in [2.45, 2.75) is 51.7 Å². The van der Waals surface area contributed by atoms with E-state index in [0.717, 1.165) is 0 Å². The van der Waals surface area contributed by atoms with Gasteiger partial charge in [-0.05, 0) is 34.1 Å². The van der Waals surface area contributed by atoms with E-state index >= 15 is 0 Å². The minimum absolute atomic E-state index is 0.299. The van der Waals surface area contributed by atoms with Gasteiger partial charge in [0, 0.05) is 6.42 Å². The van der Waals surface area contributed by atoms with Crippen molar-refractivity contribution in [1.29, 1.82) is 5.26 Å². The molecular formula is C11H17BFNO2. The second-order valence-corrected chi connectivity index (χ2v) is 4.87. The van der Waals surface area contributed by atoms with E-state index < -0.39 is 24.0 Å². The number of halogens is 1. The maximum absolute atomic E-state index is 13.6. The van der Waals surface area contributed by atoms with E-state index in [2.05, 4.69) is 0 Å². The Balaban J connectivity index is 2.66. The summed E-state index contributed by atoms with van der Waals surface area (Å²) in [6.45, 7) is 7.48. The second-order valence-electron chi connectivity index (χ2n) is 4.87. The van der Waals surface area contributed by atoms with Crippen molar-refractivity contribution < 1.29 is 13.7 Å². The highest BCUT2D eigenvalue weighted by Crippen LogP contribution is 2.38. The van der Waals surface area contributed by atoms with Crippen molar-refractivity contribution in [3.63, 3.8) is 0 Å². The molecule has 1 saturated heterocycles. The first-order valence-corrected chi connectivity index (χ1v) is 5.38. The van der Waals surface area contributed by atoms with Gasteiger partial charge in [-0.3, -0.25) is 0 Å². The maximum Gasteiger partial charge on any atom is 0.524 e. The molecule has 0 saturated carbocycles. The number of allylic oxidation sites excluding steroid dienone is 1. The minimum Gasteiger partial charge on any atom is -0.398 e. The van der Waals surface area contributed by atoms with Crippen LogP contribution in [0.1, 0.15) is 40.5 Å². The average Bonchev–Trinajstić information content (AvgIpc) is 2.36. The van der Waals surface area contributed by atoms with E-state index in [0.29, 0.717) is 12.8 Å². The van der Waals surface area contributed by atoms with E-state index in [9.17, 15) is 4.39 Å². The highest BCUT2D eigenvalue weighted by Gasteiger charge is 2.52. The zero-order valence-corrected chi connectivity index (χ0v) is 10.2. The van der Waals surface area contributed by atoms with Crippen LogP contribution in [0, 0.1) is 11.3 Å². The van der Waals surface area contributed by atoms with Crippen LogP contribution in [0.2, 0.25) is 0 Å². The monoisotopic (exact) mass is 225 g/mol. The van der Waals surface area contributed by atoms with Crippen LogP contribution in [0.15, 0.2) is 11.8 Å². The molecule has 0 bridgehead atoms. The molecule has 0 aromatic rings. The molecule has 3 nitrogen and oxygen atoms in total. The molecule has 0 N–H and O–H groups in total. The molecule has 0 aliphatic carbocycles. The number of nitriles is 1. The van der Waals surface area contributed by atoms with Crippen molar-refractivity contribution in [2.24, 2.45) is 0 Å². The number of nitrogens with zero attached hydrogens (tertiary/aromatic N) is 1. The largest absolute Gasteiger partial charge is 0.524 e. The summed E-state index contributed by atoms with van der Waals surface area (Å²) in [7, 11) is -0.941. The summed E-state index contributed by atoms with van der Waals surface area (Å²) in [5.74, 6) is 0. The SMILES string of the molecule is CC1(C)OB(C(F)=CCCC#N)OC1(C)C. The van der Waals surface area contributed by atoms with Crippen molar-refractivity contribution in [1.82, 2.24) is 0 Å². The third-order valence-electron chi connectivity index (χ3n) is 3.07. The third-order valence-corrected chi connectivity index (χ3v) is 3.07. The molecular weight excluding hydrogens is 208 g/mol. The normalized spacial score (nSPS) is 23.2. The van der Waals surface area contributed by atoms with Gasteiger partial charge >= 0.3 is 7.12 Å². The van der Waals surface area contributed by atoms with Gasteiger partial charge in [0.25, 0.3) is 0 Å². The van der Waals surface area contributed by atoms with E-state index in [4.69, 9.17) is 14.6 Å². The molecule has 88 valence electrons. The Bertz CT molecular complexity index is 317. The van der Waals surface area contributed by atoms with Crippen LogP contribution in [0.4, 0.5) is 4.39 Å². The summed E-state index contributed by atoms with van der Waals surface area (Å²) in [6.07, 6.45) is 2.03.